The Kier molecular flexibility index (Phi) is 4.80. The molecule has 6 heteroatoms. The zero-order valence-electron chi connectivity index (χ0n) is 12.9. The summed E-state index contributed by atoms with van der Waals surface area (Å²) >= 11 is 0. The molecule has 22 heavy (non-hydrogen) atoms. The van der Waals surface area contributed by atoms with Gasteiger partial charge in [0.05, 0.1) is 11.8 Å². The van der Waals surface area contributed by atoms with Crippen LogP contribution in [-0.4, -0.2) is 38.0 Å². The predicted molar refractivity (Wildman–Crippen MR) is 83.5 cm³/mol. The van der Waals surface area contributed by atoms with Crippen molar-refractivity contribution in [1.29, 1.82) is 0 Å². The Balaban J connectivity index is 1.54. The third-order valence-electron chi connectivity index (χ3n) is 4.47. The van der Waals surface area contributed by atoms with Crippen molar-refractivity contribution >= 4 is 0 Å². The summed E-state index contributed by atoms with van der Waals surface area (Å²) in [5, 5.41) is 24.5. The fraction of sp³-hybridized carbons (Fsp3) is 0.562. The quantitative estimate of drug-likeness (QED) is 0.881. The molecular weight excluding hydrogens is 278 g/mol. The van der Waals surface area contributed by atoms with Gasteiger partial charge < -0.3 is 10.4 Å². The van der Waals surface area contributed by atoms with Gasteiger partial charge in [-0.15, -0.1) is 5.10 Å². The first kappa shape index (κ1) is 15.1. The molecule has 1 fully saturated rings. The molecule has 3 unspecified atom stereocenters. The first-order valence-electron chi connectivity index (χ1n) is 7.97. The van der Waals surface area contributed by atoms with Crippen LogP contribution in [0, 0.1) is 5.92 Å². The molecule has 0 saturated heterocycles. The van der Waals surface area contributed by atoms with Crippen molar-refractivity contribution in [2.45, 2.75) is 44.8 Å². The molecule has 3 atom stereocenters. The normalized spacial score (nSPS) is 23.4. The van der Waals surface area contributed by atoms with E-state index in [1.165, 1.54) is 12.0 Å². The fourth-order valence-corrected chi connectivity index (χ4v) is 3.10. The number of aliphatic hydroxyl groups excluding tert-OH is 1. The minimum absolute atomic E-state index is 0.105. The van der Waals surface area contributed by atoms with Crippen LogP contribution in [0.2, 0.25) is 0 Å². The Labute approximate surface area is 130 Å². The summed E-state index contributed by atoms with van der Waals surface area (Å²) < 4.78 is 1.64. The summed E-state index contributed by atoms with van der Waals surface area (Å²) in [6.45, 7) is 3.14. The number of tetrazole rings is 1. The molecule has 1 aliphatic rings. The summed E-state index contributed by atoms with van der Waals surface area (Å²) in [7, 11) is 0. The zero-order chi connectivity index (χ0) is 15.4. The van der Waals surface area contributed by atoms with Gasteiger partial charge in [0.2, 0.25) is 0 Å². The van der Waals surface area contributed by atoms with E-state index in [0.29, 0.717) is 12.0 Å². The van der Waals surface area contributed by atoms with Crippen LogP contribution in [0.15, 0.2) is 30.6 Å². The Bertz CT molecular complexity index is 569. The number of hydrogen-bond donors (Lipinski definition) is 2. The van der Waals surface area contributed by atoms with E-state index in [9.17, 15) is 5.11 Å². The second-order valence-corrected chi connectivity index (χ2v) is 6.16. The fourth-order valence-electron chi connectivity index (χ4n) is 3.10. The summed E-state index contributed by atoms with van der Waals surface area (Å²) in [4.78, 5) is 0. The highest BCUT2D eigenvalue weighted by Gasteiger charge is 2.20. The molecule has 1 saturated carbocycles. The number of nitrogens with zero attached hydrogens (tertiary/aromatic N) is 4. The molecule has 0 radical (unpaired) electrons. The monoisotopic (exact) mass is 301 g/mol. The molecule has 0 bridgehead atoms. The van der Waals surface area contributed by atoms with Crippen molar-refractivity contribution in [2.75, 3.05) is 6.54 Å². The first-order chi connectivity index (χ1) is 10.7. The van der Waals surface area contributed by atoms with Gasteiger partial charge in [-0.2, -0.15) is 0 Å². The number of hydrogen-bond acceptors (Lipinski definition) is 5. The third-order valence-corrected chi connectivity index (χ3v) is 4.47. The minimum atomic E-state index is -0.105. The van der Waals surface area contributed by atoms with Gasteiger partial charge in [-0.3, -0.25) is 0 Å². The number of nitrogens with one attached hydrogen (secondary N) is 1. The van der Waals surface area contributed by atoms with Crippen LogP contribution in [0.3, 0.4) is 0 Å². The maximum atomic E-state index is 9.74. The maximum absolute atomic E-state index is 9.74. The largest absolute Gasteiger partial charge is 0.393 e. The Morgan fingerprint density at radius 1 is 1.32 bits per heavy atom. The van der Waals surface area contributed by atoms with E-state index in [4.69, 9.17) is 0 Å². The van der Waals surface area contributed by atoms with Crippen molar-refractivity contribution in [3.63, 3.8) is 0 Å². The highest BCUT2D eigenvalue weighted by atomic mass is 16.3. The molecule has 1 heterocycles. The molecule has 0 amide bonds. The number of aromatic nitrogens is 4. The molecule has 0 spiro atoms. The van der Waals surface area contributed by atoms with Gasteiger partial charge in [-0.05, 0) is 66.8 Å². The average Bonchev–Trinajstić information content (AvgIpc) is 3.07. The van der Waals surface area contributed by atoms with Crippen LogP contribution >= 0.6 is 0 Å². The molecule has 6 nitrogen and oxygen atoms in total. The van der Waals surface area contributed by atoms with E-state index < -0.39 is 0 Å². The second kappa shape index (κ2) is 6.98. The Hall–Kier alpha value is -1.79. The highest BCUT2D eigenvalue weighted by molar-refractivity contribution is 5.34. The SMILES string of the molecule is CC(NCC1CCCC(O)C1)c1ccc(-n2cnnn2)cc1. The van der Waals surface area contributed by atoms with Crippen LogP contribution < -0.4 is 5.32 Å². The first-order valence-corrected chi connectivity index (χ1v) is 7.97. The van der Waals surface area contributed by atoms with Gasteiger partial charge in [0.15, 0.2) is 0 Å². The summed E-state index contributed by atoms with van der Waals surface area (Å²) in [6, 6.07) is 8.54. The van der Waals surface area contributed by atoms with Crippen molar-refractivity contribution in [3.05, 3.63) is 36.2 Å². The average molecular weight is 301 g/mol. The summed E-state index contributed by atoms with van der Waals surface area (Å²) in [6.07, 6.45) is 5.73. The molecule has 1 aromatic heterocycles. The zero-order valence-corrected chi connectivity index (χ0v) is 12.9. The van der Waals surface area contributed by atoms with Crippen molar-refractivity contribution in [3.8, 4) is 5.69 Å². The van der Waals surface area contributed by atoms with Crippen LogP contribution in [0.25, 0.3) is 5.69 Å². The molecule has 2 N–H and O–H groups in total. The molecule has 118 valence electrons. The van der Waals surface area contributed by atoms with E-state index in [0.717, 1.165) is 31.5 Å². The molecule has 1 aliphatic carbocycles. The lowest BCUT2D eigenvalue weighted by Crippen LogP contribution is -2.30. The number of benzene rings is 1. The lowest BCUT2D eigenvalue weighted by Gasteiger charge is -2.27. The third kappa shape index (κ3) is 3.69. The standard InChI is InChI=1S/C16H23N5O/c1-12(17-10-13-3-2-4-16(22)9-13)14-5-7-15(8-6-14)21-11-18-19-20-21/h5-8,11-13,16-17,22H,2-4,9-10H2,1H3. The van der Waals surface area contributed by atoms with E-state index in [2.05, 4.69) is 39.9 Å². The van der Waals surface area contributed by atoms with Gasteiger partial charge >= 0.3 is 0 Å². The molecule has 2 aromatic rings. The minimum Gasteiger partial charge on any atom is -0.393 e. The van der Waals surface area contributed by atoms with E-state index in [-0.39, 0.29) is 6.10 Å². The molecule has 3 rings (SSSR count). The van der Waals surface area contributed by atoms with Crippen molar-refractivity contribution < 1.29 is 5.11 Å². The van der Waals surface area contributed by atoms with Crippen molar-refractivity contribution in [1.82, 2.24) is 25.5 Å². The molecule has 0 aliphatic heterocycles. The second-order valence-electron chi connectivity index (χ2n) is 6.16. The Morgan fingerprint density at radius 3 is 2.82 bits per heavy atom. The summed E-state index contributed by atoms with van der Waals surface area (Å²) in [5.41, 5.74) is 2.20. The summed E-state index contributed by atoms with van der Waals surface area (Å²) in [5.74, 6) is 0.590. The molecular formula is C16H23N5O. The van der Waals surface area contributed by atoms with Crippen molar-refractivity contribution in [2.24, 2.45) is 5.92 Å². The van der Waals surface area contributed by atoms with Gasteiger partial charge in [-0.25, -0.2) is 4.68 Å². The van der Waals surface area contributed by atoms with Gasteiger partial charge in [0.25, 0.3) is 0 Å². The van der Waals surface area contributed by atoms with Gasteiger partial charge in [-0.1, -0.05) is 18.6 Å². The van der Waals surface area contributed by atoms with Crippen LogP contribution in [-0.2, 0) is 0 Å². The van der Waals surface area contributed by atoms with E-state index in [1.807, 2.05) is 12.1 Å². The predicted octanol–water partition coefficient (Wildman–Crippen LogP) is 1.86. The molecule has 1 aromatic carbocycles. The lowest BCUT2D eigenvalue weighted by atomic mass is 9.87. The highest BCUT2D eigenvalue weighted by Crippen LogP contribution is 2.24. The number of rotatable bonds is 5. The van der Waals surface area contributed by atoms with Crippen LogP contribution in [0.4, 0.5) is 0 Å². The lowest BCUT2D eigenvalue weighted by molar-refractivity contribution is 0.0998. The smallest absolute Gasteiger partial charge is 0.143 e. The van der Waals surface area contributed by atoms with Crippen LogP contribution in [0.5, 0.6) is 0 Å². The topological polar surface area (TPSA) is 75.9 Å². The van der Waals surface area contributed by atoms with Gasteiger partial charge in [0, 0.05) is 6.04 Å². The van der Waals surface area contributed by atoms with Gasteiger partial charge in [0.1, 0.15) is 6.33 Å². The van der Waals surface area contributed by atoms with E-state index >= 15 is 0 Å². The maximum Gasteiger partial charge on any atom is 0.143 e. The number of aliphatic hydroxyl groups is 1. The Morgan fingerprint density at radius 2 is 2.14 bits per heavy atom. The van der Waals surface area contributed by atoms with E-state index in [1.54, 1.807) is 11.0 Å². The van der Waals surface area contributed by atoms with Crippen LogP contribution in [0.1, 0.15) is 44.2 Å².